The van der Waals surface area contributed by atoms with Crippen LogP contribution in [0.3, 0.4) is 0 Å². The molecule has 1 aromatic rings. The molecular formula is C14H20BrClN2O. The first-order chi connectivity index (χ1) is 9.17. The van der Waals surface area contributed by atoms with E-state index in [4.69, 9.17) is 22.1 Å². The Morgan fingerprint density at radius 3 is 2.79 bits per heavy atom. The Bertz CT molecular complexity index is 426. The Morgan fingerprint density at radius 1 is 1.53 bits per heavy atom. The van der Waals surface area contributed by atoms with Crippen LogP contribution in [0, 0.1) is 0 Å². The van der Waals surface area contributed by atoms with E-state index < -0.39 is 0 Å². The molecule has 1 atom stereocenters. The highest BCUT2D eigenvalue weighted by Gasteiger charge is 2.33. The molecule has 1 aromatic carbocycles. The van der Waals surface area contributed by atoms with E-state index in [0.717, 1.165) is 22.6 Å². The van der Waals surface area contributed by atoms with E-state index in [-0.39, 0.29) is 6.04 Å². The molecule has 1 saturated carbocycles. The molecule has 0 radical (unpaired) electrons. The monoisotopic (exact) mass is 346 g/mol. The van der Waals surface area contributed by atoms with Crippen LogP contribution in [-0.4, -0.2) is 37.7 Å². The molecule has 0 amide bonds. The van der Waals surface area contributed by atoms with Gasteiger partial charge in [-0.3, -0.25) is 4.90 Å². The molecule has 2 N–H and O–H groups in total. The lowest BCUT2D eigenvalue weighted by molar-refractivity contribution is 0.115. The summed E-state index contributed by atoms with van der Waals surface area (Å²) in [6, 6.07) is 6.95. The molecule has 2 rings (SSSR count). The molecule has 0 aromatic heterocycles. The first-order valence-corrected chi connectivity index (χ1v) is 7.74. The van der Waals surface area contributed by atoms with Crippen LogP contribution < -0.4 is 5.73 Å². The number of benzene rings is 1. The average Bonchev–Trinajstić information content (AvgIpc) is 3.22. The van der Waals surface area contributed by atoms with Crippen LogP contribution in [0.5, 0.6) is 0 Å². The number of nitrogens with two attached hydrogens (primary N) is 1. The molecule has 0 bridgehead atoms. The Balaban J connectivity index is 2.17. The molecule has 0 aliphatic heterocycles. The van der Waals surface area contributed by atoms with E-state index in [2.05, 4.69) is 26.9 Å². The minimum Gasteiger partial charge on any atom is -0.383 e. The maximum Gasteiger partial charge on any atom is 0.0590 e. The molecule has 0 spiro atoms. The molecule has 3 nitrogen and oxygen atoms in total. The Kier molecular flexibility index (Phi) is 5.66. The second kappa shape index (κ2) is 7.04. The van der Waals surface area contributed by atoms with Crippen LogP contribution in [0.1, 0.15) is 24.4 Å². The third kappa shape index (κ3) is 3.92. The number of ether oxygens (including phenoxy) is 1. The highest BCUT2D eigenvalue weighted by atomic mass is 79.9. The summed E-state index contributed by atoms with van der Waals surface area (Å²) in [6.45, 7) is 2.24. The van der Waals surface area contributed by atoms with Crippen LogP contribution in [-0.2, 0) is 4.74 Å². The van der Waals surface area contributed by atoms with Crippen LogP contribution in [0.4, 0.5) is 0 Å². The number of methoxy groups -OCH3 is 1. The van der Waals surface area contributed by atoms with E-state index in [1.54, 1.807) is 7.11 Å². The highest BCUT2D eigenvalue weighted by molar-refractivity contribution is 9.10. The lowest BCUT2D eigenvalue weighted by Gasteiger charge is -2.31. The minimum atomic E-state index is 0.216. The highest BCUT2D eigenvalue weighted by Crippen LogP contribution is 2.35. The first-order valence-electron chi connectivity index (χ1n) is 6.57. The van der Waals surface area contributed by atoms with E-state index in [9.17, 15) is 0 Å². The Hall–Kier alpha value is -0.130. The van der Waals surface area contributed by atoms with Crippen molar-refractivity contribution in [3.8, 4) is 0 Å². The van der Waals surface area contributed by atoms with Crippen molar-refractivity contribution in [1.29, 1.82) is 0 Å². The number of hydrogen-bond acceptors (Lipinski definition) is 3. The summed E-state index contributed by atoms with van der Waals surface area (Å²) in [7, 11) is 1.74. The number of hydrogen-bond donors (Lipinski definition) is 1. The molecule has 1 unspecified atom stereocenters. The van der Waals surface area contributed by atoms with E-state index in [0.29, 0.717) is 12.6 Å². The minimum absolute atomic E-state index is 0.216. The molecule has 5 heteroatoms. The lowest BCUT2D eigenvalue weighted by atomic mass is 10.1. The zero-order valence-electron chi connectivity index (χ0n) is 11.1. The van der Waals surface area contributed by atoms with Gasteiger partial charge in [-0.2, -0.15) is 0 Å². The summed E-state index contributed by atoms with van der Waals surface area (Å²) < 4.78 is 6.13. The first kappa shape index (κ1) is 15.3. The Labute approximate surface area is 128 Å². The molecule has 0 saturated heterocycles. The molecule has 19 heavy (non-hydrogen) atoms. The van der Waals surface area contributed by atoms with Crippen LogP contribution in [0.2, 0.25) is 5.02 Å². The van der Waals surface area contributed by atoms with Gasteiger partial charge in [-0.05, 0) is 46.5 Å². The zero-order valence-corrected chi connectivity index (χ0v) is 13.5. The van der Waals surface area contributed by atoms with Gasteiger partial charge in [-0.1, -0.05) is 17.7 Å². The van der Waals surface area contributed by atoms with Gasteiger partial charge in [-0.25, -0.2) is 0 Å². The summed E-state index contributed by atoms with van der Waals surface area (Å²) >= 11 is 9.61. The van der Waals surface area contributed by atoms with Gasteiger partial charge in [0.05, 0.1) is 11.6 Å². The molecule has 0 heterocycles. The summed E-state index contributed by atoms with van der Waals surface area (Å²) in [5.74, 6) is 0. The third-order valence-electron chi connectivity index (χ3n) is 3.52. The molecule has 1 aliphatic carbocycles. The van der Waals surface area contributed by atoms with Gasteiger partial charge in [0.2, 0.25) is 0 Å². The fourth-order valence-corrected chi connectivity index (χ4v) is 2.81. The normalized spacial score (nSPS) is 16.9. The van der Waals surface area contributed by atoms with Crippen molar-refractivity contribution in [2.45, 2.75) is 24.9 Å². The van der Waals surface area contributed by atoms with Crippen LogP contribution >= 0.6 is 27.5 Å². The van der Waals surface area contributed by atoms with Crippen molar-refractivity contribution in [2.24, 2.45) is 5.73 Å². The van der Waals surface area contributed by atoms with Gasteiger partial charge >= 0.3 is 0 Å². The predicted octanol–water partition coefficient (Wildman–Crippen LogP) is 3.21. The molecule has 106 valence electrons. The smallest absolute Gasteiger partial charge is 0.0590 e. The van der Waals surface area contributed by atoms with Gasteiger partial charge in [0.25, 0.3) is 0 Å². The summed E-state index contributed by atoms with van der Waals surface area (Å²) in [5, 5.41) is 0.735. The predicted molar refractivity (Wildman–Crippen MR) is 82.6 cm³/mol. The fourth-order valence-electron chi connectivity index (χ4n) is 2.38. The van der Waals surface area contributed by atoms with Crippen molar-refractivity contribution in [3.05, 3.63) is 33.3 Å². The van der Waals surface area contributed by atoms with E-state index in [1.807, 2.05) is 12.1 Å². The number of halogens is 2. The van der Waals surface area contributed by atoms with Crippen molar-refractivity contribution in [3.63, 3.8) is 0 Å². The summed E-state index contributed by atoms with van der Waals surface area (Å²) in [6.07, 6.45) is 2.51. The molecular weight excluding hydrogens is 328 g/mol. The fraction of sp³-hybridized carbons (Fsp3) is 0.571. The summed E-state index contributed by atoms with van der Waals surface area (Å²) in [4.78, 5) is 2.45. The van der Waals surface area contributed by atoms with Crippen molar-refractivity contribution in [2.75, 3.05) is 26.8 Å². The maximum absolute atomic E-state index is 6.19. The van der Waals surface area contributed by atoms with Crippen molar-refractivity contribution >= 4 is 27.5 Å². The average molecular weight is 348 g/mol. The topological polar surface area (TPSA) is 38.5 Å². The van der Waals surface area contributed by atoms with Gasteiger partial charge in [0.1, 0.15) is 0 Å². The SMILES string of the molecule is COCCN(C1CC1)C(CN)c1ccc(Br)c(Cl)c1. The van der Waals surface area contributed by atoms with Gasteiger partial charge in [0, 0.05) is 36.8 Å². The number of nitrogens with zero attached hydrogens (tertiary/aromatic N) is 1. The van der Waals surface area contributed by atoms with Crippen molar-refractivity contribution in [1.82, 2.24) is 4.90 Å². The third-order valence-corrected chi connectivity index (χ3v) is 4.75. The van der Waals surface area contributed by atoms with Gasteiger partial charge in [0.15, 0.2) is 0 Å². The van der Waals surface area contributed by atoms with Crippen molar-refractivity contribution < 1.29 is 4.74 Å². The maximum atomic E-state index is 6.19. The number of rotatable bonds is 7. The standard InChI is InChI=1S/C14H20BrClN2O/c1-19-7-6-18(11-3-4-11)14(9-17)10-2-5-12(15)13(16)8-10/h2,5,8,11,14H,3-4,6-7,9,17H2,1H3. The van der Waals surface area contributed by atoms with Gasteiger partial charge in [-0.15, -0.1) is 0 Å². The molecule has 1 aliphatic rings. The van der Waals surface area contributed by atoms with E-state index >= 15 is 0 Å². The second-order valence-corrected chi connectivity index (χ2v) is 6.15. The second-order valence-electron chi connectivity index (χ2n) is 4.89. The van der Waals surface area contributed by atoms with Gasteiger partial charge < -0.3 is 10.5 Å². The lowest BCUT2D eigenvalue weighted by Crippen LogP contribution is -2.37. The zero-order chi connectivity index (χ0) is 13.8. The quantitative estimate of drug-likeness (QED) is 0.823. The van der Waals surface area contributed by atoms with Crippen LogP contribution in [0.15, 0.2) is 22.7 Å². The largest absolute Gasteiger partial charge is 0.383 e. The Morgan fingerprint density at radius 2 is 2.26 bits per heavy atom. The summed E-state index contributed by atoms with van der Waals surface area (Å²) in [5.41, 5.74) is 7.17. The molecule has 1 fully saturated rings. The van der Waals surface area contributed by atoms with Crippen LogP contribution in [0.25, 0.3) is 0 Å². The van der Waals surface area contributed by atoms with E-state index in [1.165, 1.54) is 18.4 Å².